The SMILES string of the molecule is CCC(CC)N(CCOC)CCc1ccccc1CN. The molecule has 1 aromatic rings. The first-order valence-electron chi connectivity index (χ1n) is 7.76. The van der Waals surface area contributed by atoms with E-state index in [1.54, 1.807) is 7.11 Å². The molecule has 0 radical (unpaired) electrons. The zero-order chi connectivity index (χ0) is 14.8. The van der Waals surface area contributed by atoms with Crippen molar-refractivity contribution in [2.45, 2.75) is 45.7 Å². The van der Waals surface area contributed by atoms with E-state index < -0.39 is 0 Å². The molecule has 0 amide bonds. The zero-order valence-electron chi connectivity index (χ0n) is 13.3. The molecule has 0 spiro atoms. The fourth-order valence-corrected chi connectivity index (χ4v) is 2.76. The second-order valence-electron chi connectivity index (χ2n) is 5.22. The van der Waals surface area contributed by atoms with E-state index in [9.17, 15) is 0 Å². The van der Waals surface area contributed by atoms with Gasteiger partial charge in [-0.25, -0.2) is 0 Å². The monoisotopic (exact) mass is 278 g/mol. The first kappa shape index (κ1) is 17.2. The van der Waals surface area contributed by atoms with Crippen molar-refractivity contribution in [3.63, 3.8) is 0 Å². The predicted molar refractivity (Wildman–Crippen MR) is 85.9 cm³/mol. The standard InChI is InChI=1S/C17H30N2O/c1-4-17(5-2)19(12-13-20-3)11-10-15-8-6-7-9-16(15)14-18/h6-9,17H,4-5,10-14,18H2,1-3H3. The van der Waals surface area contributed by atoms with Gasteiger partial charge in [0, 0.05) is 32.8 Å². The summed E-state index contributed by atoms with van der Waals surface area (Å²) in [4.78, 5) is 2.55. The Morgan fingerprint density at radius 1 is 1.10 bits per heavy atom. The van der Waals surface area contributed by atoms with Crippen LogP contribution >= 0.6 is 0 Å². The fourth-order valence-electron chi connectivity index (χ4n) is 2.76. The Morgan fingerprint density at radius 3 is 2.30 bits per heavy atom. The van der Waals surface area contributed by atoms with Crippen LogP contribution in [-0.4, -0.2) is 37.7 Å². The topological polar surface area (TPSA) is 38.5 Å². The van der Waals surface area contributed by atoms with Crippen molar-refractivity contribution in [3.8, 4) is 0 Å². The third-order valence-corrected chi connectivity index (χ3v) is 4.05. The molecule has 3 nitrogen and oxygen atoms in total. The number of nitrogens with zero attached hydrogens (tertiary/aromatic N) is 1. The molecule has 0 atom stereocenters. The molecule has 20 heavy (non-hydrogen) atoms. The van der Waals surface area contributed by atoms with Gasteiger partial charge in [0.2, 0.25) is 0 Å². The van der Waals surface area contributed by atoms with Gasteiger partial charge in [0.15, 0.2) is 0 Å². The van der Waals surface area contributed by atoms with Crippen LogP contribution in [0.4, 0.5) is 0 Å². The number of hydrogen-bond donors (Lipinski definition) is 1. The smallest absolute Gasteiger partial charge is 0.0589 e. The van der Waals surface area contributed by atoms with Gasteiger partial charge in [0.05, 0.1) is 6.61 Å². The van der Waals surface area contributed by atoms with Gasteiger partial charge in [-0.05, 0) is 30.4 Å². The molecule has 114 valence electrons. The number of ether oxygens (including phenoxy) is 1. The van der Waals surface area contributed by atoms with E-state index in [-0.39, 0.29) is 0 Å². The number of nitrogens with two attached hydrogens (primary N) is 1. The second kappa shape index (κ2) is 9.92. The average Bonchev–Trinajstić information content (AvgIpc) is 2.50. The van der Waals surface area contributed by atoms with Gasteiger partial charge >= 0.3 is 0 Å². The van der Waals surface area contributed by atoms with Crippen LogP contribution in [0.5, 0.6) is 0 Å². The highest BCUT2D eigenvalue weighted by molar-refractivity contribution is 5.27. The van der Waals surface area contributed by atoms with Gasteiger partial charge < -0.3 is 10.5 Å². The number of hydrogen-bond acceptors (Lipinski definition) is 3. The highest BCUT2D eigenvalue weighted by atomic mass is 16.5. The summed E-state index contributed by atoms with van der Waals surface area (Å²) in [5.41, 5.74) is 8.46. The van der Waals surface area contributed by atoms with Gasteiger partial charge in [-0.3, -0.25) is 4.90 Å². The highest BCUT2D eigenvalue weighted by Crippen LogP contribution is 2.13. The quantitative estimate of drug-likeness (QED) is 0.715. The van der Waals surface area contributed by atoms with Crippen molar-refractivity contribution in [3.05, 3.63) is 35.4 Å². The first-order chi connectivity index (χ1) is 9.76. The summed E-state index contributed by atoms with van der Waals surface area (Å²) in [5.74, 6) is 0. The summed E-state index contributed by atoms with van der Waals surface area (Å²) in [7, 11) is 1.77. The molecule has 0 unspecified atom stereocenters. The van der Waals surface area contributed by atoms with Gasteiger partial charge in [0.25, 0.3) is 0 Å². The second-order valence-corrected chi connectivity index (χ2v) is 5.22. The van der Waals surface area contributed by atoms with Crippen molar-refractivity contribution in [1.82, 2.24) is 4.90 Å². The van der Waals surface area contributed by atoms with E-state index >= 15 is 0 Å². The molecular weight excluding hydrogens is 248 g/mol. The Morgan fingerprint density at radius 2 is 1.75 bits per heavy atom. The molecule has 0 aliphatic rings. The Labute approximate surface area is 124 Å². The molecule has 0 saturated carbocycles. The van der Waals surface area contributed by atoms with Crippen LogP contribution < -0.4 is 5.73 Å². The summed E-state index contributed by atoms with van der Waals surface area (Å²) >= 11 is 0. The number of rotatable bonds is 10. The van der Waals surface area contributed by atoms with Crippen molar-refractivity contribution >= 4 is 0 Å². The van der Waals surface area contributed by atoms with Crippen LogP contribution in [0.25, 0.3) is 0 Å². The van der Waals surface area contributed by atoms with Crippen LogP contribution in [0.1, 0.15) is 37.8 Å². The maximum atomic E-state index is 5.82. The Kier molecular flexibility index (Phi) is 8.51. The predicted octanol–water partition coefficient (Wildman–Crippen LogP) is 2.82. The first-order valence-corrected chi connectivity index (χ1v) is 7.76. The van der Waals surface area contributed by atoms with Crippen LogP contribution in [0.3, 0.4) is 0 Å². The molecule has 0 saturated heterocycles. The minimum atomic E-state index is 0.624. The largest absolute Gasteiger partial charge is 0.383 e. The fraction of sp³-hybridized carbons (Fsp3) is 0.647. The van der Waals surface area contributed by atoms with Gasteiger partial charge in [-0.2, -0.15) is 0 Å². The molecular formula is C17H30N2O. The molecule has 1 rings (SSSR count). The zero-order valence-corrected chi connectivity index (χ0v) is 13.3. The Hall–Kier alpha value is -0.900. The lowest BCUT2D eigenvalue weighted by Gasteiger charge is -2.30. The summed E-state index contributed by atoms with van der Waals surface area (Å²) in [6.07, 6.45) is 3.45. The molecule has 1 aromatic carbocycles. The maximum Gasteiger partial charge on any atom is 0.0589 e. The van der Waals surface area contributed by atoms with Crippen molar-refractivity contribution < 1.29 is 4.74 Å². The Balaban J connectivity index is 2.64. The summed E-state index contributed by atoms with van der Waals surface area (Å²) in [5, 5.41) is 0. The van der Waals surface area contributed by atoms with E-state index in [1.807, 2.05) is 0 Å². The Bertz CT molecular complexity index is 364. The summed E-state index contributed by atoms with van der Waals surface area (Å²) < 4.78 is 5.25. The molecule has 3 heteroatoms. The van der Waals surface area contributed by atoms with Crippen LogP contribution in [-0.2, 0) is 17.7 Å². The lowest BCUT2D eigenvalue weighted by Crippen LogP contribution is -2.38. The van der Waals surface area contributed by atoms with Gasteiger partial charge in [0.1, 0.15) is 0 Å². The van der Waals surface area contributed by atoms with E-state index in [1.165, 1.54) is 24.0 Å². The van der Waals surface area contributed by atoms with Crippen LogP contribution in [0.2, 0.25) is 0 Å². The van der Waals surface area contributed by atoms with E-state index in [0.29, 0.717) is 12.6 Å². The normalized spacial score (nSPS) is 11.5. The third kappa shape index (κ3) is 5.23. The number of methoxy groups -OCH3 is 1. The molecule has 0 aromatic heterocycles. The average molecular weight is 278 g/mol. The lowest BCUT2D eigenvalue weighted by atomic mass is 10.0. The lowest BCUT2D eigenvalue weighted by molar-refractivity contribution is 0.116. The van der Waals surface area contributed by atoms with Crippen LogP contribution in [0, 0.1) is 0 Å². The van der Waals surface area contributed by atoms with E-state index in [4.69, 9.17) is 10.5 Å². The van der Waals surface area contributed by atoms with Crippen LogP contribution in [0.15, 0.2) is 24.3 Å². The minimum absolute atomic E-state index is 0.624. The van der Waals surface area contributed by atoms with E-state index in [2.05, 4.69) is 43.0 Å². The molecule has 2 N–H and O–H groups in total. The van der Waals surface area contributed by atoms with Crippen molar-refractivity contribution in [2.24, 2.45) is 5.73 Å². The third-order valence-electron chi connectivity index (χ3n) is 4.05. The van der Waals surface area contributed by atoms with Gasteiger partial charge in [-0.1, -0.05) is 38.1 Å². The highest BCUT2D eigenvalue weighted by Gasteiger charge is 2.15. The molecule has 0 fully saturated rings. The van der Waals surface area contributed by atoms with Crippen molar-refractivity contribution in [2.75, 3.05) is 26.8 Å². The molecule has 0 aliphatic heterocycles. The molecule has 0 aliphatic carbocycles. The minimum Gasteiger partial charge on any atom is -0.383 e. The van der Waals surface area contributed by atoms with Gasteiger partial charge in [-0.15, -0.1) is 0 Å². The molecule has 0 bridgehead atoms. The summed E-state index contributed by atoms with van der Waals surface area (Å²) in [6, 6.07) is 9.14. The molecule has 0 heterocycles. The van der Waals surface area contributed by atoms with E-state index in [0.717, 1.165) is 26.1 Å². The van der Waals surface area contributed by atoms with Crippen molar-refractivity contribution in [1.29, 1.82) is 0 Å². The summed E-state index contributed by atoms with van der Waals surface area (Å²) in [6.45, 7) is 8.04. The maximum absolute atomic E-state index is 5.82. The number of benzene rings is 1.